The van der Waals surface area contributed by atoms with Gasteiger partial charge in [-0.2, -0.15) is 9.37 Å². The van der Waals surface area contributed by atoms with E-state index in [4.69, 9.17) is 4.74 Å². The third-order valence-electron chi connectivity index (χ3n) is 2.69. The molecular formula is C13H9F3N2O3. The molecule has 0 aliphatic heterocycles. The van der Waals surface area contributed by atoms with Crippen LogP contribution in [0, 0.1) is 27.7 Å². The van der Waals surface area contributed by atoms with E-state index >= 15 is 0 Å². The molecule has 0 spiro atoms. The van der Waals surface area contributed by atoms with Crippen molar-refractivity contribution in [2.75, 3.05) is 0 Å². The Balaban J connectivity index is 2.44. The highest BCUT2D eigenvalue weighted by molar-refractivity contribution is 5.50. The zero-order chi connectivity index (χ0) is 15.6. The van der Waals surface area contributed by atoms with Crippen molar-refractivity contribution in [3.8, 4) is 11.6 Å². The van der Waals surface area contributed by atoms with Gasteiger partial charge >= 0.3 is 5.69 Å². The number of hydrogen-bond acceptors (Lipinski definition) is 4. The predicted molar refractivity (Wildman–Crippen MR) is 66.7 cm³/mol. The van der Waals surface area contributed by atoms with Gasteiger partial charge in [-0.1, -0.05) is 13.0 Å². The molecule has 0 saturated heterocycles. The summed E-state index contributed by atoms with van der Waals surface area (Å²) < 4.78 is 44.1. The molecule has 0 unspecified atom stereocenters. The van der Waals surface area contributed by atoms with Crippen molar-refractivity contribution < 1.29 is 22.8 Å². The van der Waals surface area contributed by atoms with Crippen molar-refractivity contribution in [2.24, 2.45) is 0 Å². The number of rotatable bonds is 4. The lowest BCUT2D eigenvalue weighted by Gasteiger charge is -2.07. The van der Waals surface area contributed by atoms with Gasteiger partial charge in [0.05, 0.1) is 4.92 Å². The van der Waals surface area contributed by atoms with E-state index in [1.807, 2.05) is 0 Å². The summed E-state index contributed by atoms with van der Waals surface area (Å²) >= 11 is 0. The average Bonchev–Trinajstić information content (AvgIpc) is 2.44. The summed E-state index contributed by atoms with van der Waals surface area (Å²) in [5.74, 6) is -5.48. The molecular weight excluding hydrogens is 289 g/mol. The molecule has 0 aliphatic rings. The molecule has 5 nitrogen and oxygen atoms in total. The summed E-state index contributed by atoms with van der Waals surface area (Å²) in [6.07, 6.45) is 0.554. The Labute approximate surface area is 117 Å². The number of hydrogen-bond donors (Lipinski definition) is 0. The first-order valence-electron chi connectivity index (χ1n) is 5.89. The lowest BCUT2D eigenvalue weighted by atomic mass is 10.1. The van der Waals surface area contributed by atoms with Gasteiger partial charge < -0.3 is 4.74 Å². The van der Waals surface area contributed by atoms with Crippen molar-refractivity contribution in [1.29, 1.82) is 0 Å². The van der Waals surface area contributed by atoms with Crippen LogP contribution in [-0.4, -0.2) is 9.91 Å². The Kier molecular flexibility index (Phi) is 4.06. The molecule has 0 saturated carbocycles. The van der Waals surface area contributed by atoms with E-state index in [1.165, 1.54) is 12.1 Å². The number of nitro groups is 1. The van der Waals surface area contributed by atoms with Crippen LogP contribution in [0.5, 0.6) is 11.6 Å². The Morgan fingerprint density at radius 3 is 2.57 bits per heavy atom. The van der Waals surface area contributed by atoms with E-state index in [1.54, 1.807) is 13.0 Å². The van der Waals surface area contributed by atoms with Crippen molar-refractivity contribution in [3.05, 3.63) is 57.5 Å². The molecule has 2 rings (SSSR count). The second kappa shape index (κ2) is 5.78. The number of aromatic nitrogens is 1. The van der Waals surface area contributed by atoms with E-state index in [-0.39, 0.29) is 11.8 Å². The lowest BCUT2D eigenvalue weighted by molar-refractivity contribution is -0.385. The van der Waals surface area contributed by atoms with Gasteiger partial charge in [0.25, 0.3) is 11.8 Å². The number of halogens is 3. The third kappa shape index (κ3) is 3.10. The molecule has 0 amide bonds. The minimum absolute atomic E-state index is 0.254. The largest absolute Gasteiger partial charge is 0.429 e. The number of nitro benzene ring substituents is 1. The van der Waals surface area contributed by atoms with Crippen molar-refractivity contribution in [2.45, 2.75) is 13.3 Å². The van der Waals surface area contributed by atoms with Crippen molar-refractivity contribution >= 4 is 5.69 Å². The summed E-state index contributed by atoms with van der Waals surface area (Å²) in [6.45, 7) is 1.80. The summed E-state index contributed by atoms with van der Waals surface area (Å²) in [5, 5.41) is 11.0. The van der Waals surface area contributed by atoms with Crippen LogP contribution < -0.4 is 4.74 Å². The first-order chi connectivity index (χ1) is 9.92. The van der Waals surface area contributed by atoms with Crippen LogP contribution in [0.15, 0.2) is 24.3 Å². The van der Waals surface area contributed by atoms with Crippen LogP contribution in [0.2, 0.25) is 0 Å². The van der Waals surface area contributed by atoms with E-state index in [0.29, 0.717) is 12.0 Å². The van der Waals surface area contributed by atoms with Crippen LogP contribution in [0.25, 0.3) is 0 Å². The Morgan fingerprint density at radius 2 is 1.95 bits per heavy atom. The fourth-order valence-corrected chi connectivity index (χ4v) is 1.62. The number of nitrogens with zero attached hydrogens (tertiary/aromatic N) is 2. The van der Waals surface area contributed by atoms with Gasteiger partial charge in [0.1, 0.15) is 0 Å². The fourth-order valence-electron chi connectivity index (χ4n) is 1.62. The van der Waals surface area contributed by atoms with Crippen LogP contribution in [-0.2, 0) is 6.42 Å². The minimum atomic E-state index is -1.56. The van der Waals surface area contributed by atoms with Crippen molar-refractivity contribution in [3.63, 3.8) is 0 Å². The van der Waals surface area contributed by atoms with Gasteiger partial charge in [-0.05, 0) is 18.1 Å². The minimum Gasteiger partial charge on any atom is -0.429 e. The maximum atomic E-state index is 13.4. The van der Waals surface area contributed by atoms with Gasteiger partial charge in [-0.15, -0.1) is 0 Å². The molecule has 21 heavy (non-hydrogen) atoms. The van der Waals surface area contributed by atoms with Crippen LogP contribution in [0.3, 0.4) is 0 Å². The highest BCUT2D eigenvalue weighted by Crippen LogP contribution is 2.32. The lowest BCUT2D eigenvalue weighted by Crippen LogP contribution is -2.00. The zero-order valence-electron chi connectivity index (χ0n) is 10.8. The quantitative estimate of drug-likeness (QED) is 0.489. The Morgan fingerprint density at radius 1 is 1.24 bits per heavy atom. The SMILES string of the molecule is CCc1ccc(Oc2nc(F)c(F)cc2F)c([N+](=O)[O-])c1. The Hall–Kier alpha value is -2.64. The second-order valence-electron chi connectivity index (χ2n) is 4.06. The smallest absolute Gasteiger partial charge is 0.311 e. The normalized spacial score (nSPS) is 10.5. The Bertz CT molecular complexity index is 707. The number of benzene rings is 1. The summed E-state index contributed by atoms with van der Waals surface area (Å²) in [7, 11) is 0. The molecule has 110 valence electrons. The molecule has 8 heteroatoms. The predicted octanol–water partition coefficient (Wildman–Crippen LogP) is 3.76. The number of aryl methyl sites for hydroxylation is 1. The van der Waals surface area contributed by atoms with Crippen LogP contribution in [0.1, 0.15) is 12.5 Å². The molecule has 0 bridgehead atoms. The van der Waals surface area contributed by atoms with Gasteiger partial charge in [-0.3, -0.25) is 10.1 Å². The molecule has 1 aromatic heterocycles. The van der Waals surface area contributed by atoms with E-state index < -0.39 is 34.1 Å². The van der Waals surface area contributed by atoms with Gasteiger partial charge in [0.2, 0.25) is 5.75 Å². The maximum Gasteiger partial charge on any atom is 0.311 e. The summed E-state index contributed by atoms with van der Waals surface area (Å²) in [4.78, 5) is 13.2. The third-order valence-corrected chi connectivity index (χ3v) is 2.69. The first-order valence-corrected chi connectivity index (χ1v) is 5.89. The number of ether oxygens (including phenoxy) is 1. The van der Waals surface area contributed by atoms with Crippen molar-refractivity contribution in [1.82, 2.24) is 4.98 Å². The molecule has 1 heterocycles. The van der Waals surface area contributed by atoms with Crippen LogP contribution >= 0.6 is 0 Å². The molecule has 0 N–H and O–H groups in total. The first kappa shape index (κ1) is 14.8. The zero-order valence-corrected chi connectivity index (χ0v) is 10.8. The maximum absolute atomic E-state index is 13.4. The summed E-state index contributed by atoms with van der Waals surface area (Å²) in [6, 6.07) is 4.30. The molecule has 0 radical (unpaired) electrons. The highest BCUT2D eigenvalue weighted by atomic mass is 19.2. The molecule has 2 aromatic rings. The topological polar surface area (TPSA) is 65.3 Å². The summed E-state index contributed by atoms with van der Waals surface area (Å²) in [5.41, 5.74) is 0.257. The van der Waals surface area contributed by atoms with Gasteiger partial charge in [0.15, 0.2) is 11.6 Å². The number of pyridine rings is 1. The average molecular weight is 298 g/mol. The van der Waals surface area contributed by atoms with Crippen LogP contribution in [0.4, 0.5) is 18.9 Å². The second-order valence-corrected chi connectivity index (χ2v) is 4.06. The highest BCUT2D eigenvalue weighted by Gasteiger charge is 2.20. The van der Waals surface area contributed by atoms with Gasteiger partial charge in [0, 0.05) is 12.1 Å². The molecule has 1 aromatic carbocycles. The van der Waals surface area contributed by atoms with Gasteiger partial charge in [-0.25, -0.2) is 8.78 Å². The van der Waals surface area contributed by atoms with E-state index in [9.17, 15) is 23.3 Å². The molecule has 0 atom stereocenters. The monoisotopic (exact) mass is 298 g/mol. The van der Waals surface area contributed by atoms with E-state index in [2.05, 4.69) is 4.98 Å². The standard InChI is InChI=1S/C13H9F3N2O3/c1-2-7-3-4-11(10(5-7)18(19)20)21-13-9(15)6-8(14)12(16)17-13/h3-6H,2H2,1H3. The van der Waals surface area contributed by atoms with E-state index in [0.717, 1.165) is 0 Å². The molecule has 0 fully saturated rings. The fraction of sp³-hybridized carbons (Fsp3) is 0.154. The molecule has 0 aliphatic carbocycles.